The summed E-state index contributed by atoms with van der Waals surface area (Å²) < 4.78 is 23.0. The molecule has 0 aliphatic heterocycles. The fourth-order valence-corrected chi connectivity index (χ4v) is 2.64. The van der Waals surface area contributed by atoms with Crippen LogP contribution in [0.2, 0.25) is 0 Å². The molecule has 81 valence electrons. The fraction of sp³-hybridized carbons (Fsp3) is 0.300. The van der Waals surface area contributed by atoms with Crippen molar-refractivity contribution in [3.63, 3.8) is 0 Å². The lowest BCUT2D eigenvalue weighted by Crippen LogP contribution is -2.24. The monoisotopic (exact) mass is 226 g/mol. The molecule has 0 heterocycles. The van der Waals surface area contributed by atoms with Gasteiger partial charge in [-0.05, 0) is 5.56 Å². The molecule has 1 rings (SSSR count). The number of hydrogen-bond donors (Lipinski definition) is 0. The first-order chi connectivity index (χ1) is 7.03. The van der Waals surface area contributed by atoms with Crippen molar-refractivity contribution in [3.8, 4) is 0 Å². The van der Waals surface area contributed by atoms with Crippen LogP contribution in [0.25, 0.3) is 0 Å². The van der Waals surface area contributed by atoms with Gasteiger partial charge in [0, 0.05) is 0 Å². The molecule has 1 aromatic rings. The Hall–Kier alpha value is -1.20. The van der Waals surface area contributed by atoms with Crippen LogP contribution in [0.5, 0.6) is 0 Å². The van der Waals surface area contributed by atoms with E-state index in [4.69, 9.17) is 5.73 Å². The molecule has 0 aliphatic rings. The second-order valence-corrected chi connectivity index (χ2v) is 5.39. The summed E-state index contributed by atoms with van der Waals surface area (Å²) in [5, 5.41) is 0. The number of carbonyl (C=O) groups excluding carboxylic acids is 1. The molecule has 0 aliphatic carbocycles. The predicted octanol–water partition coefficient (Wildman–Crippen LogP) is 0.452. The van der Waals surface area contributed by atoms with Gasteiger partial charge in [-0.15, -0.1) is 0 Å². The second-order valence-electron chi connectivity index (χ2n) is 3.28. The lowest BCUT2D eigenvalue weighted by molar-refractivity contribution is -0.108. The molecule has 0 saturated heterocycles. The predicted molar refractivity (Wildman–Crippen MR) is 56.9 cm³/mol. The Balaban J connectivity index is 2.69. The molecule has 0 saturated carbocycles. The van der Waals surface area contributed by atoms with Gasteiger partial charge in [0.05, 0.1) is 17.5 Å². The van der Waals surface area contributed by atoms with E-state index in [-0.39, 0.29) is 5.75 Å². The van der Waals surface area contributed by atoms with Gasteiger partial charge in [0.25, 0.3) is 0 Å². The average Bonchev–Trinajstić information content (AvgIpc) is 2.17. The first-order valence-corrected chi connectivity index (χ1v) is 6.26. The minimum Gasteiger partial charge on any atom is -0.302 e. The van der Waals surface area contributed by atoms with Crippen molar-refractivity contribution in [1.82, 2.24) is 5.73 Å². The van der Waals surface area contributed by atoms with Crippen molar-refractivity contribution < 1.29 is 13.2 Å². The smallest absolute Gasteiger partial charge is 0.156 e. The number of sulfone groups is 1. The SMILES string of the molecule is [NH]C(C=O)CS(=O)(=O)Cc1ccccc1. The average molecular weight is 226 g/mol. The molecule has 0 aromatic heterocycles. The summed E-state index contributed by atoms with van der Waals surface area (Å²) in [5.41, 5.74) is 7.77. The minimum absolute atomic E-state index is 0.114. The van der Waals surface area contributed by atoms with Gasteiger partial charge in [0.2, 0.25) is 0 Å². The molecule has 1 N–H and O–H groups in total. The molecule has 4 nitrogen and oxygen atoms in total. The van der Waals surface area contributed by atoms with E-state index in [1.165, 1.54) is 0 Å². The molecule has 0 fully saturated rings. The molecular weight excluding hydrogens is 214 g/mol. The number of rotatable bonds is 5. The largest absolute Gasteiger partial charge is 0.302 e. The van der Waals surface area contributed by atoms with Crippen molar-refractivity contribution in [3.05, 3.63) is 35.9 Å². The zero-order valence-electron chi connectivity index (χ0n) is 8.09. The normalized spacial score (nSPS) is 13.4. The third-order valence-corrected chi connectivity index (χ3v) is 3.47. The van der Waals surface area contributed by atoms with Gasteiger partial charge < -0.3 is 4.79 Å². The zero-order valence-corrected chi connectivity index (χ0v) is 8.91. The minimum atomic E-state index is -3.36. The van der Waals surface area contributed by atoms with Crippen LogP contribution in [0.1, 0.15) is 5.56 Å². The number of carbonyl (C=O) groups is 1. The Morgan fingerprint density at radius 3 is 2.40 bits per heavy atom. The van der Waals surface area contributed by atoms with Crippen molar-refractivity contribution in [2.24, 2.45) is 0 Å². The summed E-state index contributed by atoms with van der Waals surface area (Å²) in [4.78, 5) is 10.2. The molecule has 0 bridgehead atoms. The van der Waals surface area contributed by atoms with Gasteiger partial charge in [-0.3, -0.25) is 0 Å². The van der Waals surface area contributed by atoms with Gasteiger partial charge in [0.15, 0.2) is 9.84 Å². The highest BCUT2D eigenvalue weighted by Crippen LogP contribution is 2.06. The summed E-state index contributed by atoms with van der Waals surface area (Å²) in [5.74, 6) is -0.525. The Morgan fingerprint density at radius 2 is 1.87 bits per heavy atom. The van der Waals surface area contributed by atoms with E-state index in [2.05, 4.69) is 0 Å². The number of benzene rings is 1. The highest BCUT2D eigenvalue weighted by molar-refractivity contribution is 7.90. The maximum absolute atomic E-state index is 11.5. The van der Waals surface area contributed by atoms with Gasteiger partial charge in [-0.1, -0.05) is 30.3 Å². The molecule has 0 amide bonds. The fourth-order valence-electron chi connectivity index (χ4n) is 1.20. The first-order valence-electron chi connectivity index (χ1n) is 4.44. The van der Waals surface area contributed by atoms with Crippen LogP contribution in [0.3, 0.4) is 0 Å². The summed E-state index contributed by atoms with van der Waals surface area (Å²) in [6, 6.07) is 7.54. The highest BCUT2D eigenvalue weighted by Gasteiger charge is 2.16. The Kier molecular flexibility index (Phi) is 3.99. The summed E-state index contributed by atoms with van der Waals surface area (Å²) in [7, 11) is -3.36. The summed E-state index contributed by atoms with van der Waals surface area (Å²) in [6.07, 6.45) is 0.336. The summed E-state index contributed by atoms with van der Waals surface area (Å²) in [6.45, 7) is 0. The second kappa shape index (κ2) is 5.04. The molecule has 1 atom stereocenters. The Morgan fingerprint density at radius 1 is 1.27 bits per heavy atom. The van der Waals surface area contributed by atoms with Gasteiger partial charge >= 0.3 is 0 Å². The quantitative estimate of drug-likeness (QED) is 0.684. The maximum atomic E-state index is 11.5. The molecule has 0 spiro atoms. The van der Waals surface area contributed by atoms with Crippen LogP contribution in [-0.2, 0) is 20.4 Å². The maximum Gasteiger partial charge on any atom is 0.156 e. The number of hydrogen-bond acceptors (Lipinski definition) is 3. The third-order valence-electron chi connectivity index (χ3n) is 1.83. The molecule has 15 heavy (non-hydrogen) atoms. The first kappa shape index (κ1) is 11.9. The number of nitrogens with one attached hydrogen (secondary N) is 1. The molecule has 1 aromatic carbocycles. The van der Waals surface area contributed by atoms with E-state index >= 15 is 0 Å². The standard InChI is InChI=1S/C10H12NO3S/c11-10(6-12)8-15(13,14)7-9-4-2-1-3-5-9/h1-6,10-11H,7-8H2. The summed E-state index contributed by atoms with van der Waals surface area (Å²) >= 11 is 0. The van der Waals surface area contributed by atoms with E-state index in [0.717, 1.165) is 0 Å². The van der Waals surface area contributed by atoms with Crippen LogP contribution in [0.4, 0.5) is 0 Å². The van der Waals surface area contributed by atoms with Crippen molar-refractivity contribution in [2.45, 2.75) is 11.8 Å². The van der Waals surface area contributed by atoms with Crippen molar-refractivity contribution >= 4 is 16.1 Å². The topological polar surface area (TPSA) is 75.0 Å². The Bertz CT molecular complexity index is 414. The van der Waals surface area contributed by atoms with Crippen LogP contribution in [0, 0.1) is 0 Å². The third kappa shape index (κ3) is 4.22. The molecule has 5 heteroatoms. The van der Waals surface area contributed by atoms with E-state index in [9.17, 15) is 13.2 Å². The van der Waals surface area contributed by atoms with Crippen molar-refractivity contribution in [2.75, 3.05) is 5.75 Å². The van der Waals surface area contributed by atoms with Gasteiger partial charge in [-0.2, -0.15) is 0 Å². The van der Waals surface area contributed by atoms with Crippen LogP contribution >= 0.6 is 0 Å². The van der Waals surface area contributed by atoms with Gasteiger partial charge in [-0.25, -0.2) is 14.2 Å². The van der Waals surface area contributed by atoms with Crippen molar-refractivity contribution in [1.29, 1.82) is 0 Å². The lowest BCUT2D eigenvalue weighted by atomic mass is 10.2. The van der Waals surface area contributed by atoms with Gasteiger partial charge in [0.1, 0.15) is 6.29 Å². The van der Waals surface area contributed by atoms with E-state index in [0.29, 0.717) is 11.8 Å². The zero-order chi connectivity index (χ0) is 11.3. The van der Waals surface area contributed by atoms with Crippen LogP contribution in [0.15, 0.2) is 30.3 Å². The van der Waals surface area contributed by atoms with E-state index in [1.54, 1.807) is 30.3 Å². The van der Waals surface area contributed by atoms with Crippen LogP contribution < -0.4 is 5.73 Å². The van der Waals surface area contributed by atoms with Crippen LogP contribution in [-0.4, -0.2) is 26.5 Å². The van der Waals surface area contributed by atoms with E-state index < -0.39 is 21.6 Å². The lowest BCUT2D eigenvalue weighted by Gasteiger charge is -2.05. The highest BCUT2D eigenvalue weighted by atomic mass is 32.2. The molecular formula is C10H12NO3S. The van der Waals surface area contributed by atoms with E-state index in [1.807, 2.05) is 0 Å². The Labute approximate surface area is 89.0 Å². The number of aldehydes is 1. The molecule has 1 radical (unpaired) electrons. The molecule has 1 unspecified atom stereocenters.